The molecule has 4 heteroatoms. The number of unbranched alkanes of at least 4 members (excludes halogenated alkanes) is 1. The van der Waals surface area contributed by atoms with Gasteiger partial charge in [0.25, 0.3) is 0 Å². The standard InChI is InChI=1S/C16H24N2O2/c1-2-3-6-15(13-7-9-17-10-8-13)18-11-4-5-14(12-18)16(19)20/h7-10,14-15H,2-6,11-12H2,1H3,(H,19,20). The largest absolute Gasteiger partial charge is 0.481 e. The number of aliphatic carboxylic acids is 1. The van der Waals surface area contributed by atoms with Crippen LogP contribution in [0.4, 0.5) is 0 Å². The number of hydrogen-bond acceptors (Lipinski definition) is 3. The summed E-state index contributed by atoms with van der Waals surface area (Å²) in [5.74, 6) is -0.867. The fourth-order valence-electron chi connectivity index (χ4n) is 3.03. The highest BCUT2D eigenvalue weighted by molar-refractivity contribution is 5.70. The lowest BCUT2D eigenvalue weighted by Gasteiger charge is -2.37. The van der Waals surface area contributed by atoms with Gasteiger partial charge in [-0.15, -0.1) is 0 Å². The molecule has 2 rings (SSSR count). The fraction of sp³-hybridized carbons (Fsp3) is 0.625. The monoisotopic (exact) mass is 276 g/mol. The number of carbonyl (C=O) groups is 1. The second kappa shape index (κ2) is 7.39. The number of rotatable bonds is 6. The molecule has 0 amide bonds. The summed E-state index contributed by atoms with van der Waals surface area (Å²) in [5, 5.41) is 9.25. The summed E-state index contributed by atoms with van der Waals surface area (Å²) >= 11 is 0. The van der Waals surface area contributed by atoms with Crippen molar-refractivity contribution in [3.8, 4) is 0 Å². The summed E-state index contributed by atoms with van der Waals surface area (Å²) in [6.07, 6.45) is 8.86. The Morgan fingerprint density at radius 2 is 2.25 bits per heavy atom. The van der Waals surface area contributed by atoms with E-state index in [1.54, 1.807) is 0 Å². The zero-order valence-electron chi connectivity index (χ0n) is 12.2. The molecule has 0 aliphatic carbocycles. The van der Waals surface area contributed by atoms with Crippen molar-refractivity contribution in [3.63, 3.8) is 0 Å². The number of carboxylic acid groups (broad SMARTS) is 1. The van der Waals surface area contributed by atoms with E-state index in [0.717, 1.165) is 32.2 Å². The lowest BCUT2D eigenvalue weighted by molar-refractivity contribution is -0.144. The van der Waals surface area contributed by atoms with Crippen LogP contribution in [0.15, 0.2) is 24.5 Å². The molecule has 0 aromatic carbocycles. The predicted octanol–water partition coefficient (Wildman–Crippen LogP) is 3.11. The highest BCUT2D eigenvalue weighted by Crippen LogP contribution is 2.30. The van der Waals surface area contributed by atoms with Gasteiger partial charge in [0.05, 0.1) is 5.92 Å². The van der Waals surface area contributed by atoms with E-state index in [2.05, 4.69) is 28.9 Å². The molecule has 0 bridgehead atoms. The summed E-state index contributed by atoms with van der Waals surface area (Å²) in [6.45, 7) is 3.87. The van der Waals surface area contributed by atoms with E-state index in [1.807, 2.05) is 12.4 Å². The van der Waals surface area contributed by atoms with Gasteiger partial charge in [-0.2, -0.15) is 0 Å². The van der Waals surface area contributed by atoms with Crippen LogP contribution in [-0.4, -0.2) is 34.0 Å². The highest BCUT2D eigenvalue weighted by atomic mass is 16.4. The second-order valence-electron chi connectivity index (χ2n) is 5.61. The number of likely N-dealkylation sites (tertiary alicyclic amines) is 1. The van der Waals surface area contributed by atoms with Crippen molar-refractivity contribution in [2.75, 3.05) is 13.1 Å². The average Bonchev–Trinajstić information content (AvgIpc) is 2.49. The quantitative estimate of drug-likeness (QED) is 0.867. The summed E-state index contributed by atoms with van der Waals surface area (Å²) in [6, 6.07) is 4.45. The zero-order valence-corrected chi connectivity index (χ0v) is 12.2. The van der Waals surface area contributed by atoms with E-state index in [0.29, 0.717) is 12.6 Å². The van der Waals surface area contributed by atoms with Gasteiger partial charge in [-0.3, -0.25) is 14.7 Å². The van der Waals surface area contributed by atoms with Crippen molar-refractivity contribution in [2.45, 2.75) is 45.1 Å². The fourth-order valence-corrected chi connectivity index (χ4v) is 3.03. The third-order valence-electron chi connectivity index (χ3n) is 4.16. The van der Waals surface area contributed by atoms with Gasteiger partial charge in [0.15, 0.2) is 0 Å². The summed E-state index contributed by atoms with van der Waals surface area (Å²) in [4.78, 5) is 17.7. The minimum absolute atomic E-state index is 0.213. The number of piperidine rings is 1. The summed E-state index contributed by atoms with van der Waals surface area (Å²) in [7, 11) is 0. The van der Waals surface area contributed by atoms with Gasteiger partial charge in [-0.1, -0.05) is 19.8 Å². The van der Waals surface area contributed by atoms with E-state index in [9.17, 15) is 9.90 Å². The normalized spacial score (nSPS) is 21.6. The van der Waals surface area contributed by atoms with Crippen molar-refractivity contribution >= 4 is 5.97 Å². The van der Waals surface area contributed by atoms with Crippen LogP contribution in [-0.2, 0) is 4.79 Å². The number of pyridine rings is 1. The van der Waals surface area contributed by atoms with E-state index in [4.69, 9.17) is 0 Å². The molecule has 2 atom stereocenters. The third kappa shape index (κ3) is 3.79. The molecule has 1 aliphatic rings. The van der Waals surface area contributed by atoms with Gasteiger partial charge >= 0.3 is 5.97 Å². The molecule has 1 aliphatic heterocycles. The van der Waals surface area contributed by atoms with Crippen LogP contribution in [0.25, 0.3) is 0 Å². The molecule has 0 spiro atoms. The van der Waals surface area contributed by atoms with Gasteiger partial charge in [-0.25, -0.2) is 0 Å². The van der Waals surface area contributed by atoms with Crippen LogP contribution < -0.4 is 0 Å². The summed E-state index contributed by atoms with van der Waals surface area (Å²) in [5.41, 5.74) is 1.26. The first-order valence-corrected chi connectivity index (χ1v) is 7.59. The third-order valence-corrected chi connectivity index (χ3v) is 4.16. The molecule has 110 valence electrons. The Kier molecular flexibility index (Phi) is 5.53. The molecular formula is C16H24N2O2. The van der Waals surface area contributed by atoms with Crippen molar-refractivity contribution < 1.29 is 9.90 Å². The maximum Gasteiger partial charge on any atom is 0.307 e. The Morgan fingerprint density at radius 3 is 2.90 bits per heavy atom. The zero-order chi connectivity index (χ0) is 14.4. The van der Waals surface area contributed by atoms with Crippen LogP contribution in [0.3, 0.4) is 0 Å². The van der Waals surface area contributed by atoms with Gasteiger partial charge in [0, 0.05) is 25.0 Å². The predicted molar refractivity (Wildman–Crippen MR) is 78.4 cm³/mol. The first kappa shape index (κ1) is 15.0. The molecule has 20 heavy (non-hydrogen) atoms. The SMILES string of the molecule is CCCCC(c1ccncc1)N1CCCC(C(=O)O)C1. The molecule has 1 saturated heterocycles. The van der Waals surface area contributed by atoms with Crippen LogP contribution in [0.2, 0.25) is 0 Å². The molecule has 0 radical (unpaired) electrons. The Labute approximate surface area is 120 Å². The molecule has 1 fully saturated rings. The van der Waals surface area contributed by atoms with Crippen molar-refractivity contribution in [1.29, 1.82) is 0 Å². The number of nitrogens with zero attached hydrogens (tertiary/aromatic N) is 2. The highest BCUT2D eigenvalue weighted by Gasteiger charge is 2.29. The maximum absolute atomic E-state index is 11.2. The molecule has 1 aromatic rings. The molecule has 1 aromatic heterocycles. The minimum atomic E-state index is -0.654. The van der Waals surface area contributed by atoms with Gasteiger partial charge in [0.2, 0.25) is 0 Å². The van der Waals surface area contributed by atoms with Crippen LogP contribution in [0.5, 0.6) is 0 Å². The maximum atomic E-state index is 11.2. The first-order chi connectivity index (χ1) is 9.72. The van der Waals surface area contributed by atoms with Crippen LogP contribution in [0, 0.1) is 5.92 Å². The lowest BCUT2D eigenvalue weighted by atomic mass is 9.93. The van der Waals surface area contributed by atoms with Crippen molar-refractivity contribution in [1.82, 2.24) is 9.88 Å². The minimum Gasteiger partial charge on any atom is -0.481 e. The second-order valence-corrected chi connectivity index (χ2v) is 5.61. The molecule has 0 saturated carbocycles. The Morgan fingerprint density at radius 1 is 1.50 bits per heavy atom. The van der Waals surface area contributed by atoms with Crippen LogP contribution in [0.1, 0.15) is 50.6 Å². The van der Waals surface area contributed by atoms with Gasteiger partial charge < -0.3 is 5.11 Å². The molecule has 4 nitrogen and oxygen atoms in total. The topological polar surface area (TPSA) is 53.4 Å². The first-order valence-electron chi connectivity index (χ1n) is 7.59. The van der Waals surface area contributed by atoms with E-state index < -0.39 is 5.97 Å². The Balaban J connectivity index is 2.11. The Bertz CT molecular complexity index is 422. The molecular weight excluding hydrogens is 252 g/mol. The van der Waals surface area contributed by atoms with Crippen LogP contribution >= 0.6 is 0 Å². The van der Waals surface area contributed by atoms with Crippen molar-refractivity contribution in [2.24, 2.45) is 5.92 Å². The molecule has 1 N–H and O–H groups in total. The summed E-state index contributed by atoms with van der Waals surface area (Å²) < 4.78 is 0. The lowest BCUT2D eigenvalue weighted by Crippen LogP contribution is -2.40. The van der Waals surface area contributed by atoms with E-state index in [-0.39, 0.29) is 5.92 Å². The van der Waals surface area contributed by atoms with E-state index in [1.165, 1.54) is 12.0 Å². The number of carboxylic acids is 1. The Hall–Kier alpha value is -1.42. The van der Waals surface area contributed by atoms with E-state index >= 15 is 0 Å². The number of hydrogen-bond donors (Lipinski definition) is 1. The average molecular weight is 276 g/mol. The van der Waals surface area contributed by atoms with Gasteiger partial charge in [0.1, 0.15) is 0 Å². The molecule has 2 heterocycles. The molecule has 2 unspecified atom stereocenters. The smallest absolute Gasteiger partial charge is 0.307 e. The van der Waals surface area contributed by atoms with Gasteiger partial charge in [-0.05, 0) is 43.5 Å². The van der Waals surface area contributed by atoms with Crippen molar-refractivity contribution in [3.05, 3.63) is 30.1 Å². The number of aromatic nitrogens is 1.